The molecule has 0 unspecified atom stereocenters. The topological polar surface area (TPSA) is 66.1 Å². The molecule has 0 bridgehead atoms. The van der Waals surface area contributed by atoms with Crippen molar-refractivity contribution in [1.82, 2.24) is 14.9 Å². The van der Waals surface area contributed by atoms with Crippen LogP contribution in [0.3, 0.4) is 0 Å². The van der Waals surface area contributed by atoms with Gasteiger partial charge in [-0.2, -0.15) is 8.78 Å². The van der Waals surface area contributed by atoms with E-state index in [9.17, 15) is 18.4 Å². The highest BCUT2D eigenvalue weighted by atomic mass is 32.2. The van der Waals surface area contributed by atoms with Crippen LogP contribution in [0.15, 0.2) is 58.2 Å². The maximum absolute atomic E-state index is 12.9. The molecule has 5 nitrogen and oxygen atoms in total. The lowest BCUT2D eigenvalue weighted by atomic mass is 10.2. The molecule has 0 radical (unpaired) electrons. The van der Waals surface area contributed by atoms with Gasteiger partial charge < -0.3 is 9.88 Å². The Hall–Kier alpha value is -2.74. The molecule has 0 aliphatic carbocycles. The van der Waals surface area contributed by atoms with E-state index >= 15 is 0 Å². The van der Waals surface area contributed by atoms with Crippen molar-refractivity contribution in [2.45, 2.75) is 24.1 Å². The van der Waals surface area contributed by atoms with Crippen molar-refractivity contribution in [3.8, 4) is 0 Å². The van der Waals surface area contributed by atoms with Gasteiger partial charge in [-0.15, -0.1) is 0 Å². The number of rotatable bonds is 6. The number of hydrogen-bond donors (Lipinski definition) is 1. The van der Waals surface area contributed by atoms with Gasteiger partial charge in [0, 0.05) is 11.4 Å². The van der Waals surface area contributed by atoms with Gasteiger partial charge in [-0.3, -0.25) is 9.59 Å². The number of nitrogens with one attached hydrogen (secondary N) is 1. The third kappa shape index (κ3) is 4.33. The molecule has 0 atom stereocenters. The Morgan fingerprint density at radius 2 is 1.89 bits per heavy atom. The Bertz CT molecular complexity index is 1020. The number of hydrogen-bond acceptors (Lipinski definition) is 4. The minimum Gasteiger partial charge on any atom is -0.331 e. The quantitative estimate of drug-likeness (QED) is 0.650. The summed E-state index contributed by atoms with van der Waals surface area (Å²) in [5, 5.41) is 0.467. The zero-order valence-corrected chi connectivity index (χ0v) is 15.3. The predicted octanol–water partition coefficient (Wildman–Crippen LogP) is 3.90. The van der Waals surface area contributed by atoms with Gasteiger partial charge in [0.05, 0.1) is 23.0 Å². The highest BCUT2D eigenvalue weighted by Gasteiger charge is 2.20. The lowest BCUT2D eigenvalue weighted by Crippen LogP contribution is -2.32. The third-order valence-electron chi connectivity index (χ3n) is 4.00. The fraction of sp³-hybridized carbons (Fsp3) is 0.211. The second-order valence-electron chi connectivity index (χ2n) is 5.72. The summed E-state index contributed by atoms with van der Waals surface area (Å²) in [6.07, 6.45) is 0. The van der Waals surface area contributed by atoms with Crippen molar-refractivity contribution >= 4 is 28.6 Å². The van der Waals surface area contributed by atoms with Crippen LogP contribution in [0.5, 0.6) is 0 Å². The highest BCUT2D eigenvalue weighted by Crippen LogP contribution is 2.29. The van der Waals surface area contributed by atoms with E-state index in [1.54, 1.807) is 43.3 Å². The van der Waals surface area contributed by atoms with E-state index in [4.69, 9.17) is 0 Å². The maximum Gasteiger partial charge on any atom is 0.288 e. The Kier molecular flexibility index (Phi) is 5.85. The minimum atomic E-state index is -2.62. The first-order valence-electron chi connectivity index (χ1n) is 8.30. The van der Waals surface area contributed by atoms with Crippen LogP contribution < -0.4 is 5.56 Å². The van der Waals surface area contributed by atoms with E-state index in [1.807, 2.05) is 0 Å². The molecule has 0 aliphatic heterocycles. The lowest BCUT2D eigenvalue weighted by molar-refractivity contribution is 0.0745. The fourth-order valence-electron chi connectivity index (χ4n) is 2.73. The third-order valence-corrected chi connectivity index (χ3v) is 4.79. The van der Waals surface area contributed by atoms with E-state index < -0.39 is 11.7 Å². The van der Waals surface area contributed by atoms with E-state index in [2.05, 4.69) is 9.97 Å². The molecule has 3 aromatic rings. The Labute approximate surface area is 158 Å². The SMILES string of the molecule is CCN(Cc1nc2ccccc2c(=O)[nH]1)C(=O)c1ccccc1SC(F)F. The summed E-state index contributed by atoms with van der Waals surface area (Å²) >= 11 is 0.338. The van der Waals surface area contributed by atoms with Gasteiger partial charge >= 0.3 is 0 Å². The van der Waals surface area contributed by atoms with Gasteiger partial charge in [0.15, 0.2) is 0 Å². The number of nitrogens with zero attached hydrogens (tertiary/aromatic N) is 2. The predicted molar refractivity (Wildman–Crippen MR) is 101 cm³/mol. The van der Waals surface area contributed by atoms with Crippen LogP contribution in [0.25, 0.3) is 10.9 Å². The minimum absolute atomic E-state index is 0.0725. The first kappa shape index (κ1) is 19.0. The number of para-hydroxylation sites is 1. The summed E-state index contributed by atoms with van der Waals surface area (Å²) in [6.45, 7) is 2.19. The Morgan fingerprint density at radius 1 is 1.19 bits per heavy atom. The number of H-pyrrole nitrogens is 1. The molecule has 3 rings (SSSR count). The molecule has 1 amide bonds. The average Bonchev–Trinajstić information content (AvgIpc) is 2.65. The number of aromatic amines is 1. The molecule has 1 N–H and O–H groups in total. The average molecular weight is 389 g/mol. The van der Waals surface area contributed by atoms with E-state index in [0.29, 0.717) is 35.0 Å². The van der Waals surface area contributed by atoms with Crippen LogP contribution in [-0.2, 0) is 6.54 Å². The molecule has 1 heterocycles. The zero-order chi connectivity index (χ0) is 19.4. The highest BCUT2D eigenvalue weighted by molar-refractivity contribution is 7.99. The van der Waals surface area contributed by atoms with E-state index in [-0.39, 0.29) is 22.6 Å². The molecule has 0 fully saturated rings. The van der Waals surface area contributed by atoms with Gasteiger partial charge in [0.1, 0.15) is 5.82 Å². The number of amides is 1. The number of carbonyl (C=O) groups is 1. The normalized spacial score (nSPS) is 11.1. The van der Waals surface area contributed by atoms with Crippen LogP contribution in [-0.4, -0.2) is 33.1 Å². The number of thioether (sulfide) groups is 1. The summed E-state index contributed by atoms with van der Waals surface area (Å²) < 4.78 is 25.5. The van der Waals surface area contributed by atoms with Crippen molar-refractivity contribution in [1.29, 1.82) is 0 Å². The molecule has 1 aromatic heterocycles. The van der Waals surface area contributed by atoms with Crippen LogP contribution in [0.2, 0.25) is 0 Å². The molecule has 0 spiro atoms. The zero-order valence-electron chi connectivity index (χ0n) is 14.5. The van der Waals surface area contributed by atoms with Gasteiger partial charge in [0.25, 0.3) is 17.2 Å². The monoisotopic (exact) mass is 389 g/mol. The second kappa shape index (κ2) is 8.30. The number of aromatic nitrogens is 2. The van der Waals surface area contributed by atoms with Crippen LogP contribution in [0.1, 0.15) is 23.1 Å². The van der Waals surface area contributed by atoms with Crippen molar-refractivity contribution < 1.29 is 13.6 Å². The van der Waals surface area contributed by atoms with Crippen molar-refractivity contribution in [2.75, 3.05) is 6.54 Å². The first-order valence-corrected chi connectivity index (χ1v) is 9.18. The Balaban J connectivity index is 1.90. The van der Waals surface area contributed by atoms with Crippen LogP contribution in [0, 0.1) is 0 Å². The second-order valence-corrected chi connectivity index (χ2v) is 6.76. The molecule has 0 saturated heterocycles. The van der Waals surface area contributed by atoms with Gasteiger partial charge in [-0.1, -0.05) is 36.0 Å². The standard InChI is InChI=1S/C19H17F2N3O2S/c1-2-24(18(26)13-8-4-6-10-15(13)27-19(20)21)11-16-22-14-9-5-3-7-12(14)17(25)23-16/h3-10,19H,2,11H2,1H3,(H,22,23,25). The van der Waals surface area contributed by atoms with Crippen molar-refractivity contribution in [3.05, 3.63) is 70.3 Å². The number of halogens is 2. The number of alkyl halides is 2. The Morgan fingerprint density at radius 3 is 2.63 bits per heavy atom. The summed E-state index contributed by atoms with van der Waals surface area (Å²) in [5.74, 6) is -2.67. The van der Waals surface area contributed by atoms with Gasteiger partial charge in [-0.25, -0.2) is 4.98 Å². The fourth-order valence-corrected chi connectivity index (χ4v) is 3.36. The largest absolute Gasteiger partial charge is 0.331 e. The molecule has 8 heteroatoms. The van der Waals surface area contributed by atoms with Gasteiger partial charge in [-0.05, 0) is 31.2 Å². The van der Waals surface area contributed by atoms with Crippen LogP contribution >= 0.6 is 11.8 Å². The van der Waals surface area contributed by atoms with E-state index in [1.165, 1.54) is 17.0 Å². The summed E-state index contributed by atoms with van der Waals surface area (Å²) in [6, 6.07) is 13.2. The first-order chi connectivity index (χ1) is 13.0. The van der Waals surface area contributed by atoms with Crippen molar-refractivity contribution in [3.63, 3.8) is 0 Å². The molecule has 0 saturated carbocycles. The molecule has 0 aliphatic rings. The molecular formula is C19H17F2N3O2S. The van der Waals surface area contributed by atoms with Gasteiger partial charge in [0.2, 0.25) is 0 Å². The molecule has 2 aromatic carbocycles. The molecule has 27 heavy (non-hydrogen) atoms. The number of carbonyl (C=O) groups excluding carboxylic acids is 1. The van der Waals surface area contributed by atoms with Crippen molar-refractivity contribution in [2.24, 2.45) is 0 Å². The smallest absolute Gasteiger partial charge is 0.288 e. The lowest BCUT2D eigenvalue weighted by Gasteiger charge is -2.21. The maximum atomic E-state index is 12.9. The number of fused-ring (bicyclic) bond motifs is 1. The van der Waals surface area contributed by atoms with Crippen LogP contribution in [0.4, 0.5) is 8.78 Å². The molecule has 140 valence electrons. The number of benzene rings is 2. The summed E-state index contributed by atoms with van der Waals surface area (Å²) in [7, 11) is 0. The van der Waals surface area contributed by atoms with E-state index in [0.717, 1.165) is 0 Å². The summed E-state index contributed by atoms with van der Waals surface area (Å²) in [4.78, 5) is 33.8. The molecular weight excluding hydrogens is 372 g/mol. The summed E-state index contributed by atoms with van der Waals surface area (Å²) in [5.41, 5.74) is 0.453.